The minimum atomic E-state index is -1.15. The number of thiazole rings is 1. The zero-order chi connectivity index (χ0) is 47.4. The van der Waals surface area contributed by atoms with E-state index in [1.54, 1.807) is 67.2 Å². The van der Waals surface area contributed by atoms with E-state index in [2.05, 4.69) is 25.8 Å². The van der Waals surface area contributed by atoms with Gasteiger partial charge >= 0.3 is 5.97 Å². The molecule has 1 fully saturated rings. The van der Waals surface area contributed by atoms with E-state index in [9.17, 15) is 29.4 Å². The highest BCUT2D eigenvalue weighted by Gasteiger charge is 2.45. The van der Waals surface area contributed by atoms with Crippen LogP contribution in [0.15, 0.2) is 77.2 Å². The molecule has 2 aliphatic rings. The molecule has 1 saturated heterocycles. The van der Waals surface area contributed by atoms with Crippen LogP contribution < -0.4 is 10.6 Å². The van der Waals surface area contributed by atoms with Gasteiger partial charge in [-0.2, -0.15) is 0 Å². The molecule has 0 bridgehead atoms. The first-order valence-corrected chi connectivity index (χ1v) is 23.3. The molecule has 3 aromatic carbocycles. The van der Waals surface area contributed by atoms with E-state index in [-0.39, 0.29) is 24.9 Å². The Kier molecular flexibility index (Phi) is 12.6. The van der Waals surface area contributed by atoms with Crippen LogP contribution in [0.4, 0.5) is 4.39 Å². The molecule has 14 nitrogen and oxygen atoms in total. The zero-order valence-corrected chi connectivity index (χ0v) is 39.5. The van der Waals surface area contributed by atoms with E-state index in [1.165, 1.54) is 11.0 Å². The maximum absolute atomic E-state index is 15.5. The summed E-state index contributed by atoms with van der Waals surface area (Å²) in [4.78, 5) is 67.1. The molecule has 0 radical (unpaired) electrons. The Bertz CT molecular complexity index is 2900. The number of thiophene rings is 1. The molecule has 17 heteroatoms. The van der Waals surface area contributed by atoms with Gasteiger partial charge in [-0.05, 0) is 86.1 Å². The van der Waals surface area contributed by atoms with Crippen LogP contribution >= 0.6 is 22.7 Å². The summed E-state index contributed by atoms with van der Waals surface area (Å²) in [5, 5.41) is 35.9. The van der Waals surface area contributed by atoms with Gasteiger partial charge in [0.15, 0.2) is 5.82 Å². The van der Waals surface area contributed by atoms with E-state index in [0.29, 0.717) is 34.1 Å². The number of benzene rings is 3. The van der Waals surface area contributed by atoms with Crippen molar-refractivity contribution in [1.82, 2.24) is 35.3 Å². The summed E-state index contributed by atoms with van der Waals surface area (Å²) in [7, 11) is 0. The number of aromatic nitrogens is 4. The van der Waals surface area contributed by atoms with Crippen molar-refractivity contribution in [2.24, 2.45) is 10.4 Å². The molecule has 3 amide bonds. The first-order valence-electron chi connectivity index (χ1n) is 21.6. The molecule has 66 heavy (non-hydrogen) atoms. The third-order valence-electron chi connectivity index (χ3n) is 12.3. The van der Waals surface area contributed by atoms with Crippen molar-refractivity contribution in [2.45, 2.75) is 98.5 Å². The van der Waals surface area contributed by atoms with Crippen LogP contribution in [0.3, 0.4) is 0 Å². The van der Waals surface area contributed by atoms with Crippen LogP contribution in [0.25, 0.3) is 26.6 Å². The summed E-state index contributed by atoms with van der Waals surface area (Å²) in [5.74, 6) is -2.30. The number of amides is 3. The van der Waals surface area contributed by atoms with E-state index in [4.69, 9.17) is 4.99 Å². The number of rotatable bonds is 11. The summed E-state index contributed by atoms with van der Waals surface area (Å²) >= 11 is 3.11. The van der Waals surface area contributed by atoms with Crippen LogP contribution in [-0.4, -0.2) is 89.0 Å². The normalized spacial score (nSPS) is 17.9. The number of aliphatic hydroxyl groups excluding tert-OH is 1. The average molecular weight is 931 g/mol. The molecule has 6 aromatic rings. The van der Waals surface area contributed by atoms with E-state index in [0.717, 1.165) is 48.8 Å². The maximum atomic E-state index is 15.5. The Morgan fingerprint density at radius 1 is 0.909 bits per heavy atom. The topological polar surface area (TPSA) is 192 Å². The number of aliphatic imine (C=N–C) groups is 1. The van der Waals surface area contributed by atoms with Gasteiger partial charge in [0.2, 0.25) is 11.8 Å². The summed E-state index contributed by atoms with van der Waals surface area (Å²) in [6.07, 6.45) is -1.22. The molecular weight excluding hydrogens is 880 g/mol. The Morgan fingerprint density at radius 2 is 1.59 bits per heavy atom. The molecule has 2 aliphatic heterocycles. The van der Waals surface area contributed by atoms with Crippen molar-refractivity contribution in [3.63, 3.8) is 0 Å². The number of nitrogens with zero attached hydrogens (tertiary/aromatic N) is 6. The first kappa shape index (κ1) is 46.1. The third-order valence-corrected chi connectivity index (χ3v) is 14.5. The lowest BCUT2D eigenvalue weighted by atomic mass is 9.85. The molecule has 4 N–H and O–H groups in total. The zero-order valence-electron chi connectivity index (χ0n) is 37.8. The largest absolute Gasteiger partial charge is 0.481 e. The van der Waals surface area contributed by atoms with Crippen LogP contribution in [0.5, 0.6) is 0 Å². The molecule has 0 spiro atoms. The summed E-state index contributed by atoms with van der Waals surface area (Å²) in [5.41, 5.74) is 7.91. The molecular formula is C49H51FN8O6S2. The first-order chi connectivity index (χ1) is 31.3. The second-order valence-electron chi connectivity index (χ2n) is 18.1. The number of likely N-dealkylation sites (tertiary alicyclic amines) is 1. The van der Waals surface area contributed by atoms with Gasteiger partial charge in [-0.1, -0.05) is 69.3 Å². The van der Waals surface area contributed by atoms with Gasteiger partial charge in [0.25, 0.3) is 5.91 Å². The quantitative estimate of drug-likeness (QED) is 0.100. The number of aryl methyl sites for hydroxylation is 3. The standard InChI is InChI=1S/C49H51FN8O6S2/c1-24-27(4)66-48-40(24)41(53-37(21-39(60)61)44-56-55-28(5)58(44)48)31-13-11-30(12-14-31)33-17-34(19-35(50)18-33)45(62)54-43(49(6,7)8)47(64)57-22-36(59)20-38(57)46(63)52-25(2)29-9-15-32(16-10-29)42-26(3)51-23-65-42/h9-19,23,25,36-38,43,59H,20-22H2,1-8H3,(H,52,63)(H,54,62)(H,60,61)/t25-,36+,37-,38-,43+/m0/s1. The van der Waals surface area contributed by atoms with Crippen LogP contribution in [-0.2, 0) is 14.4 Å². The van der Waals surface area contributed by atoms with Crippen LogP contribution in [0.1, 0.15) is 107 Å². The Balaban J connectivity index is 1.01. The van der Waals surface area contributed by atoms with Gasteiger partial charge in [-0.25, -0.2) is 9.37 Å². The minimum absolute atomic E-state index is 0.0192. The fourth-order valence-corrected chi connectivity index (χ4v) is 10.7. The number of carbonyl (C=O) groups is 4. The van der Waals surface area contributed by atoms with Crippen molar-refractivity contribution in [3.05, 3.63) is 128 Å². The van der Waals surface area contributed by atoms with Gasteiger partial charge < -0.3 is 25.7 Å². The second-order valence-corrected chi connectivity index (χ2v) is 20.1. The number of hydrogen-bond acceptors (Lipinski definition) is 11. The molecule has 0 saturated carbocycles. The highest BCUT2D eigenvalue weighted by atomic mass is 32.1. The van der Waals surface area contributed by atoms with Crippen LogP contribution in [0.2, 0.25) is 0 Å². The van der Waals surface area contributed by atoms with Crippen molar-refractivity contribution in [1.29, 1.82) is 0 Å². The van der Waals surface area contributed by atoms with Crippen molar-refractivity contribution >= 4 is 52.1 Å². The number of carboxylic acids is 1. The lowest BCUT2D eigenvalue weighted by Gasteiger charge is -2.35. The summed E-state index contributed by atoms with van der Waals surface area (Å²) < 4.78 is 17.3. The van der Waals surface area contributed by atoms with Crippen molar-refractivity contribution in [3.8, 4) is 26.6 Å². The van der Waals surface area contributed by atoms with Gasteiger partial charge in [0.1, 0.15) is 34.8 Å². The number of fused-ring (bicyclic) bond motifs is 3. The Hall–Kier alpha value is -6.43. The van der Waals surface area contributed by atoms with Gasteiger partial charge in [-0.3, -0.25) is 28.7 Å². The second kappa shape index (κ2) is 18.1. The fraction of sp³-hybridized carbons (Fsp3) is 0.347. The lowest BCUT2D eigenvalue weighted by Crippen LogP contribution is -2.57. The highest BCUT2D eigenvalue weighted by Crippen LogP contribution is 2.40. The van der Waals surface area contributed by atoms with Gasteiger partial charge in [0, 0.05) is 34.5 Å². The van der Waals surface area contributed by atoms with E-state index >= 15 is 4.39 Å². The lowest BCUT2D eigenvalue weighted by molar-refractivity contribution is -0.142. The number of hydrogen-bond donors (Lipinski definition) is 4. The van der Waals surface area contributed by atoms with Gasteiger partial charge in [0.05, 0.1) is 40.4 Å². The number of carboxylic acid groups (broad SMARTS) is 1. The maximum Gasteiger partial charge on any atom is 0.306 e. The Labute approximate surface area is 389 Å². The minimum Gasteiger partial charge on any atom is -0.481 e. The summed E-state index contributed by atoms with van der Waals surface area (Å²) in [6, 6.07) is 15.7. The number of β-amino-alcohol motifs (C(OH)–C–C–N with tert-alkyl or cyclic N) is 1. The predicted molar refractivity (Wildman–Crippen MR) is 252 cm³/mol. The average Bonchev–Trinajstić information content (AvgIpc) is 4.04. The number of aliphatic carboxylic acids is 1. The van der Waals surface area contributed by atoms with Gasteiger partial charge in [-0.15, -0.1) is 32.9 Å². The SMILES string of the molecule is Cc1ncsc1-c1ccc([C@H](C)NC(=O)[C@@H]2C[C@@H](O)CN2C(=O)[C@@H](NC(=O)c2cc(F)cc(-c3ccc(C4=N[C@@H](CC(=O)O)c5nnc(C)n5-c5sc(C)c(C)c54)cc3)c2)C(C)(C)C)cc1. The van der Waals surface area contributed by atoms with Crippen molar-refractivity contribution in [2.75, 3.05) is 6.54 Å². The molecule has 0 aliphatic carbocycles. The summed E-state index contributed by atoms with van der Waals surface area (Å²) in [6.45, 7) is 14.9. The molecule has 5 heterocycles. The molecule has 8 rings (SSSR count). The monoisotopic (exact) mass is 930 g/mol. The van der Waals surface area contributed by atoms with E-state index < -0.39 is 65.2 Å². The smallest absolute Gasteiger partial charge is 0.306 e. The number of nitrogens with one attached hydrogen (secondary N) is 2. The number of aliphatic hydroxyl groups is 1. The third kappa shape index (κ3) is 9.06. The number of carbonyl (C=O) groups excluding carboxylic acids is 3. The predicted octanol–water partition coefficient (Wildman–Crippen LogP) is 7.84. The molecule has 3 aromatic heterocycles. The molecule has 342 valence electrons. The Morgan fingerprint density at radius 3 is 2.24 bits per heavy atom. The van der Waals surface area contributed by atoms with Crippen LogP contribution in [0, 0.1) is 38.9 Å². The van der Waals surface area contributed by atoms with Crippen molar-refractivity contribution < 1.29 is 33.8 Å². The highest BCUT2D eigenvalue weighted by molar-refractivity contribution is 7.15. The molecule has 0 unspecified atom stereocenters. The fourth-order valence-electron chi connectivity index (χ4n) is 8.63. The van der Waals surface area contributed by atoms with E-state index in [1.807, 2.05) is 75.6 Å². The number of halogens is 1. The molecule has 5 atom stereocenters.